The fraction of sp³-hybridized carbons (Fsp3) is 0.533. The van der Waals surface area contributed by atoms with Gasteiger partial charge in [0.2, 0.25) is 0 Å². The second-order valence-corrected chi connectivity index (χ2v) is 5.72. The van der Waals surface area contributed by atoms with E-state index in [1.54, 1.807) is 14.0 Å². The highest BCUT2D eigenvalue weighted by Gasteiger charge is 2.19. The fourth-order valence-corrected chi connectivity index (χ4v) is 1.91. The van der Waals surface area contributed by atoms with Crippen LogP contribution in [0.1, 0.15) is 51.3 Å². The number of ketones is 1. The lowest BCUT2D eigenvalue weighted by Gasteiger charge is -2.23. The van der Waals surface area contributed by atoms with Crippen LogP contribution in [0.2, 0.25) is 0 Å². The Bertz CT molecular complexity index is 433. The Balaban J connectivity index is 3.17. The highest BCUT2D eigenvalue weighted by molar-refractivity contribution is 5.76. The van der Waals surface area contributed by atoms with Crippen LogP contribution in [0.3, 0.4) is 0 Å². The van der Waals surface area contributed by atoms with Crippen LogP contribution in [0.4, 0.5) is 0 Å². The van der Waals surface area contributed by atoms with Gasteiger partial charge in [0.25, 0.3) is 0 Å². The van der Waals surface area contributed by atoms with Crippen molar-refractivity contribution < 1.29 is 9.53 Å². The fourth-order valence-electron chi connectivity index (χ4n) is 1.91. The number of nitrogens with two attached hydrogens (primary N) is 1. The van der Waals surface area contributed by atoms with Gasteiger partial charge in [0.1, 0.15) is 11.5 Å². The molecular formula is C15H23NO2. The van der Waals surface area contributed by atoms with E-state index in [1.165, 1.54) is 5.56 Å². The maximum atomic E-state index is 11.2. The predicted octanol–water partition coefficient (Wildman–Crippen LogP) is 2.97. The van der Waals surface area contributed by atoms with Gasteiger partial charge in [-0.2, -0.15) is 0 Å². The normalized spacial score (nSPS) is 13.2. The van der Waals surface area contributed by atoms with Crippen molar-refractivity contribution in [2.24, 2.45) is 5.73 Å². The minimum atomic E-state index is -0.306. The van der Waals surface area contributed by atoms with Crippen molar-refractivity contribution in [2.45, 2.75) is 45.6 Å². The number of hydrogen-bond acceptors (Lipinski definition) is 3. The molecule has 0 aliphatic carbocycles. The number of hydrogen-bond donors (Lipinski definition) is 1. The molecular weight excluding hydrogens is 226 g/mol. The molecule has 1 atom stereocenters. The van der Waals surface area contributed by atoms with Gasteiger partial charge in [-0.1, -0.05) is 26.8 Å². The Kier molecular flexibility index (Phi) is 4.52. The van der Waals surface area contributed by atoms with Crippen LogP contribution in [-0.4, -0.2) is 12.9 Å². The molecule has 18 heavy (non-hydrogen) atoms. The smallest absolute Gasteiger partial charge is 0.131 e. The number of methoxy groups -OCH3 is 1. The molecule has 1 aromatic carbocycles. The minimum absolute atomic E-state index is 0.0525. The maximum Gasteiger partial charge on any atom is 0.131 e. The molecule has 0 heterocycles. The van der Waals surface area contributed by atoms with Crippen molar-refractivity contribution >= 4 is 5.78 Å². The zero-order chi connectivity index (χ0) is 13.9. The van der Waals surface area contributed by atoms with Crippen molar-refractivity contribution in [1.82, 2.24) is 0 Å². The summed E-state index contributed by atoms with van der Waals surface area (Å²) in [4.78, 5) is 11.2. The summed E-state index contributed by atoms with van der Waals surface area (Å²) in [6, 6.07) is 5.71. The van der Waals surface area contributed by atoms with Gasteiger partial charge in [0.05, 0.1) is 7.11 Å². The quantitative estimate of drug-likeness (QED) is 0.892. The van der Waals surface area contributed by atoms with Crippen molar-refractivity contribution in [3.05, 3.63) is 29.3 Å². The third-order valence-electron chi connectivity index (χ3n) is 3.00. The lowest BCUT2D eigenvalue weighted by atomic mass is 9.85. The monoisotopic (exact) mass is 249 g/mol. The molecule has 3 heteroatoms. The summed E-state index contributed by atoms with van der Waals surface area (Å²) in [6.07, 6.45) is 0.337. The second-order valence-electron chi connectivity index (χ2n) is 5.72. The van der Waals surface area contributed by atoms with Gasteiger partial charge < -0.3 is 10.5 Å². The SMILES string of the molecule is COc1ccc(C(C)(C)C)cc1C(N)CC(C)=O. The molecule has 1 unspecified atom stereocenters. The minimum Gasteiger partial charge on any atom is -0.496 e. The van der Waals surface area contributed by atoms with E-state index >= 15 is 0 Å². The number of Topliss-reactive ketones (excluding diaryl/α,β-unsaturated/α-hetero) is 1. The molecule has 0 saturated carbocycles. The van der Waals surface area contributed by atoms with Crippen LogP contribution < -0.4 is 10.5 Å². The van der Waals surface area contributed by atoms with Gasteiger partial charge >= 0.3 is 0 Å². The number of carbonyl (C=O) groups excluding carboxylic acids is 1. The number of carbonyl (C=O) groups is 1. The first-order valence-corrected chi connectivity index (χ1v) is 6.19. The highest BCUT2D eigenvalue weighted by atomic mass is 16.5. The maximum absolute atomic E-state index is 11.2. The van der Waals surface area contributed by atoms with Crippen LogP contribution in [0, 0.1) is 0 Å². The molecule has 0 bridgehead atoms. The van der Waals surface area contributed by atoms with Crippen molar-refractivity contribution in [3.8, 4) is 5.75 Å². The van der Waals surface area contributed by atoms with Crippen molar-refractivity contribution in [3.63, 3.8) is 0 Å². The second kappa shape index (κ2) is 5.53. The Hall–Kier alpha value is -1.35. The van der Waals surface area contributed by atoms with E-state index in [2.05, 4.69) is 20.8 Å². The van der Waals surface area contributed by atoms with E-state index < -0.39 is 0 Å². The average Bonchev–Trinajstić information content (AvgIpc) is 2.26. The van der Waals surface area contributed by atoms with Gasteiger partial charge in [-0.05, 0) is 30.0 Å². The summed E-state index contributed by atoms with van der Waals surface area (Å²) >= 11 is 0. The van der Waals surface area contributed by atoms with Crippen LogP contribution in [-0.2, 0) is 10.2 Å². The van der Waals surface area contributed by atoms with E-state index in [9.17, 15) is 4.79 Å². The molecule has 0 saturated heterocycles. The van der Waals surface area contributed by atoms with Gasteiger partial charge in [-0.25, -0.2) is 0 Å². The standard InChI is InChI=1S/C15H23NO2/c1-10(17)8-13(16)12-9-11(15(2,3)4)6-7-14(12)18-5/h6-7,9,13H,8,16H2,1-5H3. The molecule has 3 nitrogen and oxygen atoms in total. The summed E-state index contributed by atoms with van der Waals surface area (Å²) in [6.45, 7) is 8.00. The van der Waals surface area contributed by atoms with E-state index in [-0.39, 0.29) is 17.2 Å². The number of rotatable bonds is 4. The average molecular weight is 249 g/mol. The Morgan fingerprint density at radius 3 is 2.44 bits per heavy atom. The molecule has 2 N–H and O–H groups in total. The Morgan fingerprint density at radius 2 is 2.00 bits per heavy atom. The van der Waals surface area contributed by atoms with E-state index in [4.69, 9.17) is 10.5 Å². The predicted molar refractivity (Wildman–Crippen MR) is 73.9 cm³/mol. The first-order valence-electron chi connectivity index (χ1n) is 6.19. The van der Waals surface area contributed by atoms with Gasteiger partial charge in [0, 0.05) is 18.0 Å². The van der Waals surface area contributed by atoms with E-state index in [0.29, 0.717) is 6.42 Å². The summed E-state index contributed by atoms with van der Waals surface area (Å²) in [5.41, 5.74) is 8.23. The molecule has 0 amide bonds. The number of benzene rings is 1. The summed E-state index contributed by atoms with van der Waals surface area (Å²) in [5.74, 6) is 0.836. The third-order valence-corrected chi connectivity index (χ3v) is 3.00. The van der Waals surface area contributed by atoms with Gasteiger partial charge in [-0.3, -0.25) is 4.79 Å². The van der Waals surface area contributed by atoms with Gasteiger partial charge in [0.15, 0.2) is 0 Å². The molecule has 0 aliphatic heterocycles. The Labute approximate surface area is 109 Å². The molecule has 0 aromatic heterocycles. The lowest BCUT2D eigenvalue weighted by molar-refractivity contribution is -0.117. The van der Waals surface area contributed by atoms with Gasteiger partial charge in [-0.15, -0.1) is 0 Å². The third kappa shape index (κ3) is 3.57. The molecule has 0 spiro atoms. The van der Waals surface area contributed by atoms with Crippen LogP contribution in [0.5, 0.6) is 5.75 Å². The lowest BCUT2D eigenvalue weighted by Crippen LogP contribution is -2.17. The number of ether oxygens (including phenoxy) is 1. The first-order chi connectivity index (χ1) is 8.25. The zero-order valence-electron chi connectivity index (χ0n) is 11.9. The molecule has 0 fully saturated rings. The Morgan fingerprint density at radius 1 is 1.39 bits per heavy atom. The largest absolute Gasteiger partial charge is 0.496 e. The highest BCUT2D eigenvalue weighted by Crippen LogP contribution is 2.31. The molecule has 1 aromatic rings. The van der Waals surface area contributed by atoms with Crippen LogP contribution in [0.25, 0.3) is 0 Å². The van der Waals surface area contributed by atoms with Crippen LogP contribution in [0.15, 0.2) is 18.2 Å². The topological polar surface area (TPSA) is 52.3 Å². The summed E-state index contributed by atoms with van der Waals surface area (Å²) in [7, 11) is 1.62. The summed E-state index contributed by atoms with van der Waals surface area (Å²) < 4.78 is 5.32. The summed E-state index contributed by atoms with van der Waals surface area (Å²) in [5, 5.41) is 0. The van der Waals surface area contributed by atoms with Crippen molar-refractivity contribution in [2.75, 3.05) is 7.11 Å². The zero-order valence-corrected chi connectivity index (χ0v) is 11.9. The molecule has 1 rings (SSSR count). The van der Waals surface area contributed by atoms with Crippen molar-refractivity contribution in [1.29, 1.82) is 0 Å². The molecule has 0 radical (unpaired) electrons. The molecule has 0 aliphatic rings. The van der Waals surface area contributed by atoms with Crippen LogP contribution >= 0.6 is 0 Å². The van der Waals surface area contributed by atoms with E-state index in [0.717, 1.165) is 11.3 Å². The molecule has 100 valence electrons. The van der Waals surface area contributed by atoms with E-state index in [1.807, 2.05) is 18.2 Å². The first kappa shape index (κ1) is 14.7.